The van der Waals surface area contributed by atoms with Gasteiger partial charge in [0.25, 0.3) is 0 Å². The molecule has 0 aliphatic heterocycles. The van der Waals surface area contributed by atoms with E-state index in [0.717, 1.165) is 12.1 Å². The first-order valence-corrected chi connectivity index (χ1v) is 9.26. The summed E-state index contributed by atoms with van der Waals surface area (Å²) in [5.74, 6) is 1.07. The minimum absolute atomic E-state index is 0.112. The highest BCUT2D eigenvalue weighted by Crippen LogP contribution is 2.36. The van der Waals surface area contributed by atoms with Crippen LogP contribution < -0.4 is 15.4 Å². The summed E-state index contributed by atoms with van der Waals surface area (Å²) < 4.78 is 44.6. The molecule has 0 unspecified atom stereocenters. The number of nitriles is 1. The molecular formula is C21H13ClF3N3OS. The van der Waals surface area contributed by atoms with Crippen molar-refractivity contribution >= 4 is 40.3 Å². The van der Waals surface area contributed by atoms with E-state index in [1.165, 1.54) is 6.07 Å². The van der Waals surface area contributed by atoms with Gasteiger partial charge in [0.15, 0.2) is 5.11 Å². The Morgan fingerprint density at radius 2 is 1.60 bits per heavy atom. The van der Waals surface area contributed by atoms with Crippen LogP contribution in [0.2, 0.25) is 5.02 Å². The minimum Gasteiger partial charge on any atom is -0.457 e. The van der Waals surface area contributed by atoms with E-state index in [0.29, 0.717) is 22.7 Å². The van der Waals surface area contributed by atoms with Crippen molar-refractivity contribution in [2.75, 3.05) is 10.6 Å². The average molecular weight is 448 g/mol. The van der Waals surface area contributed by atoms with Crippen LogP contribution in [0.4, 0.5) is 24.5 Å². The van der Waals surface area contributed by atoms with Crippen LogP contribution in [0.5, 0.6) is 11.5 Å². The Morgan fingerprint density at radius 1 is 0.933 bits per heavy atom. The van der Waals surface area contributed by atoms with E-state index in [9.17, 15) is 13.2 Å². The molecule has 0 heterocycles. The highest BCUT2D eigenvalue weighted by molar-refractivity contribution is 7.80. The second-order valence-electron chi connectivity index (χ2n) is 6.04. The Kier molecular flexibility index (Phi) is 6.45. The maximum absolute atomic E-state index is 13.0. The molecule has 0 saturated carbocycles. The highest BCUT2D eigenvalue weighted by atomic mass is 35.5. The zero-order valence-electron chi connectivity index (χ0n) is 15.1. The number of hydrogen-bond donors (Lipinski definition) is 2. The fourth-order valence-corrected chi connectivity index (χ4v) is 2.95. The molecule has 3 aromatic rings. The maximum atomic E-state index is 13.0. The number of anilines is 2. The number of nitrogens with zero attached hydrogens (tertiary/aromatic N) is 1. The van der Waals surface area contributed by atoms with Crippen LogP contribution in [-0.4, -0.2) is 5.11 Å². The summed E-state index contributed by atoms with van der Waals surface area (Å²) in [5.41, 5.74) is 0.300. The van der Waals surface area contributed by atoms with Crippen molar-refractivity contribution in [2.45, 2.75) is 6.18 Å². The first kappa shape index (κ1) is 21.4. The topological polar surface area (TPSA) is 57.1 Å². The number of nitrogens with one attached hydrogen (secondary N) is 2. The summed E-state index contributed by atoms with van der Waals surface area (Å²) in [6, 6.07) is 19.0. The largest absolute Gasteiger partial charge is 0.457 e. The molecule has 0 amide bonds. The van der Waals surface area contributed by atoms with Gasteiger partial charge in [-0.3, -0.25) is 0 Å². The molecule has 3 aromatic carbocycles. The van der Waals surface area contributed by atoms with E-state index >= 15 is 0 Å². The molecule has 9 heteroatoms. The van der Waals surface area contributed by atoms with Crippen molar-refractivity contribution in [3.63, 3.8) is 0 Å². The van der Waals surface area contributed by atoms with E-state index in [2.05, 4.69) is 10.6 Å². The van der Waals surface area contributed by atoms with Gasteiger partial charge in [0.2, 0.25) is 0 Å². The molecule has 0 aromatic heterocycles. The van der Waals surface area contributed by atoms with Crippen molar-refractivity contribution < 1.29 is 17.9 Å². The van der Waals surface area contributed by atoms with Crippen LogP contribution in [0.3, 0.4) is 0 Å². The van der Waals surface area contributed by atoms with Gasteiger partial charge in [0, 0.05) is 11.4 Å². The lowest BCUT2D eigenvalue weighted by Crippen LogP contribution is -2.19. The normalized spacial score (nSPS) is 10.8. The third kappa shape index (κ3) is 5.63. The SMILES string of the molecule is N#Cc1cccc(Oc2ccc(NC(=S)Nc3ccc(Cl)c(C(F)(F)F)c3)cc2)c1. The lowest BCUT2D eigenvalue weighted by atomic mass is 10.2. The van der Waals surface area contributed by atoms with Gasteiger partial charge < -0.3 is 15.4 Å². The molecule has 0 atom stereocenters. The molecule has 0 fully saturated rings. The number of halogens is 4. The monoisotopic (exact) mass is 447 g/mol. The van der Waals surface area contributed by atoms with Crippen LogP contribution in [0.15, 0.2) is 66.7 Å². The Labute approximate surface area is 180 Å². The van der Waals surface area contributed by atoms with Crippen LogP contribution >= 0.6 is 23.8 Å². The second kappa shape index (κ2) is 9.03. The maximum Gasteiger partial charge on any atom is 0.417 e. The number of hydrogen-bond acceptors (Lipinski definition) is 3. The Balaban J connectivity index is 1.63. The van der Waals surface area contributed by atoms with Gasteiger partial charge in [-0.15, -0.1) is 0 Å². The van der Waals surface area contributed by atoms with Crippen molar-refractivity contribution in [3.8, 4) is 17.6 Å². The Bertz CT molecular complexity index is 1110. The number of benzene rings is 3. The van der Waals surface area contributed by atoms with Gasteiger partial charge in [0.05, 0.1) is 22.2 Å². The molecule has 0 aliphatic rings. The number of thiocarbonyl (C=S) groups is 1. The fraction of sp³-hybridized carbons (Fsp3) is 0.0476. The predicted molar refractivity (Wildman–Crippen MR) is 114 cm³/mol. The van der Waals surface area contributed by atoms with Crippen LogP contribution in [-0.2, 0) is 6.18 Å². The zero-order valence-corrected chi connectivity index (χ0v) is 16.7. The number of alkyl halides is 3. The molecule has 0 bridgehead atoms. The van der Waals surface area contributed by atoms with Gasteiger partial charge in [-0.25, -0.2) is 0 Å². The molecule has 0 radical (unpaired) electrons. The van der Waals surface area contributed by atoms with Gasteiger partial charge in [-0.2, -0.15) is 18.4 Å². The van der Waals surface area contributed by atoms with Gasteiger partial charge in [-0.1, -0.05) is 17.7 Å². The summed E-state index contributed by atoms with van der Waals surface area (Å²) >= 11 is 10.8. The fourth-order valence-electron chi connectivity index (χ4n) is 2.49. The van der Waals surface area contributed by atoms with Crippen molar-refractivity contribution in [2.24, 2.45) is 0 Å². The first-order valence-electron chi connectivity index (χ1n) is 8.47. The van der Waals surface area contributed by atoms with E-state index in [1.54, 1.807) is 48.5 Å². The number of rotatable bonds is 4. The Hall–Kier alpha value is -3.28. The highest BCUT2D eigenvalue weighted by Gasteiger charge is 2.33. The van der Waals surface area contributed by atoms with E-state index in [1.807, 2.05) is 6.07 Å². The van der Waals surface area contributed by atoms with Crippen LogP contribution in [0, 0.1) is 11.3 Å². The quantitative estimate of drug-likeness (QED) is 0.429. The molecule has 0 saturated heterocycles. The van der Waals surface area contributed by atoms with Crippen LogP contribution in [0.1, 0.15) is 11.1 Å². The number of ether oxygens (including phenoxy) is 1. The molecule has 0 aliphatic carbocycles. The van der Waals surface area contributed by atoms with E-state index < -0.39 is 11.7 Å². The molecule has 4 nitrogen and oxygen atoms in total. The van der Waals surface area contributed by atoms with Gasteiger partial charge in [0.1, 0.15) is 11.5 Å². The first-order chi connectivity index (χ1) is 14.2. The third-order valence-electron chi connectivity index (χ3n) is 3.84. The van der Waals surface area contributed by atoms with Crippen molar-refractivity contribution in [1.82, 2.24) is 0 Å². The second-order valence-corrected chi connectivity index (χ2v) is 6.85. The average Bonchev–Trinajstić information content (AvgIpc) is 2.70. The van der Waals surface area contributed by atoms with Crippen LogP contribution in [0.25, 0.3) is 0 Å². The molecular weight excluding hydrogens is 435 g/mol. The molecule has 152 valence electrons. The lowest BCUT2D eigenvalue weighted by molar-refractivity contribution is -0.137. The zero-order chi connectivity index (χ0) is 21.7. The van der Waals surface area contributed by atoms with Gasteiger partial charge >= 0.3 is 6.18 Å². The third-order valence-corrected chi connectivity index (χ3v) is 4.37. The standard InChI is InChI=1S/C21H13ClF3N3OS/c22-19-9-6-15(11-18(19)21(23,24)25)28-20(30)27-14-4-7-16(8-5-14)29-17-3-1-2-13(10-17)12-26/h1-11H,(H2,27,28,30). The molecule has 0 spiro atoms. The van der Waals surface area contributed by atoms with Gasteiger partial charge in [-0.05, 0) is 72.9 Å². The molecule has 3 rings (SSSR count). The van der Waals surface area contributed by atoms with E-state index in [-0.39, 0.29) is 15.8 Å². The van der Waals surface area contributed by atoms with Crippen molar-refractivity contribution in [3.05, 3.63) is 82.9 Å². The summed E-state index contributed by atoms with van der Waals surface area (Å²) in [5, 5.41) is 14.2. The molecule has 2 N–H and O–H groups in total. The minimum atomic E-state index is -4.56. The Morgan fingerprint density at radius 3 is 2.27 bits per heavy atom. The van der Waals surface area contributed by atoms with E-state index in [4.69, 9.17) is 33.8 Å². The summed E-state index contributed by atoms with van der Waals surface area (Å²) in [6.45, 7) is 0. The molecule has 30 heavy (non-hydrogen) atoms. The summed E-state index contributed by atoms with van der Waals surface area (Å²) in [4.78, 5) is 0. The summed E-state index contributed by atoms with van der Waals surface area (Å²) in [6.07, 6.45) is -4.56. The predicted octanol–water partition coefficient (Wildman–Crippen LogP) is 6.83. The summed E-state index contributed by atoms with van der Waals surface area (Å²) in [7, 11) is 0. The smallest absolute Gasteiger partial charge is 0.417 e. The lowest BCUT2D eigenvalue weighted by Gasteiger charge is -2.14. The van der Waals surface area contributed by atoms with Crippen molar-refractivity contribution in [1.29, 1.82) is 5.26 Å².